The molecule has 0 saturated carbocycles. The molecule has 0 atom stereocenters. The second-order valence-corrected chi connectivity index (χ2v) is 4.50. The average Bonchev–Trinajstić information content (AvgIpc) is 2.32. The van der Waals surface area contributed by atoms with Gasteiger partial charge < -0.3 is 4.84 Å². The molecule has 0 spiro atoms. The third-order valence-corrected chi connectivity index (χ3v) is 1.64. The van der Waals surface area contributed by atoms with Gasteiger partial charge in [0.2, 0.25) is 0 Å². The summed E-state index contributed by atoms with van der Waals surface area (Å²) in [5, 5.41) is 0.466. The first-order chi connectivity index (χ1) is 6.79. The van der Waals surface area contributed by atoms with E-state index in [1.165, 1.54) is 0 Å². The molecule has 5 heteroatoms. The first kappa shape index (κ1) is 11.4. The molecule has 15 heavy (non-hydrogen) atoms. The van der Waals surface area contributed by atoms with Crippen LogP contribution in [0.5, 0.6) is 0 Å². The molecule has 0 aliphatic carbocycles. The molecule has 1 rings (SSSR count). The molecule has 0 N–H and O–H groups in total. The Kier molecular flexibility index (Phi) is 2.93. The zero-order valence-electron chi connectivity index (χ0n) is 8.94. The van der Waals surface area contributed by atoms with Crippen LogP contribution in [-0.2, 0) is 19.2 Å². The topological polar surface area (TPSA) is 63.7 Å². The zero-order valence-corrected chi connectivity index (χ0v) is 8.94. The molecule has 0 aromatic rings. The van der Waals surface area contributed by atoms with Gasteiger partial charge in [-0.15, -0.1) is 0 Å². The summed E-state index contributed by atoms with van der Waals surface area (Å²) < 4.78 is 0. The lowest BCUT2D eigenvalue weighted by molar-refractivity contribution is -0.197. The van der Waals surface area contributed by atoms with E-state index in [4.69, 9.17) is 0 Å². The van der Waals surface area contributed by atoms with Crippen molar-refractivity contribution in [1.29, 1.82) is 0 Å². The maximum atomic E-state index is 11.3. The predicted molar refractivity (Wildman–Crippen MR) is 51.2 cm³/mol. The number of hydroxylamine groups is 2. The third-order valence-electron chi connectivity index (χ3n) is 1.64. The van der Waals surface area contributed by atoms with E-state index < -0.39 is 17.8 Å². The molecular formula is C10H13NO4. The van der Waals surface area contributed by atoms with Gasteiger partial charge in [0.25, 0.3) is 11.8 Å². The fourth-order valence-corrected chi connectivity index (χ4v) is 1.04. The second kappa shape index (κ2) is 3.84. The van der Waals surface area contributed by atoms with Crippen molar-refractivity contribution in [3.8, 4) is 0 Å². The van der Waals surface area contributed by atoms with Gasteiger partial charge in [0.05, 0.1) is 6.42 Å². The Morgan fingerprint density at radius 2 is 1.73 bits per heavy atom. The van der Waals surface area contributed by atoms with Gasteiger partial charge in [-0.2, -0.15) is 0 Å². The summed E-state index contributed by atoms with van der Waals surface area (Å²) in [7, 11) is 0. The molecule has 0 radical (unpaired) electrons. The molecule has 0 unspecified atom stereocenters. The minimum absolute atomic E-state index is 0.143. The SMILES string of the molecule is CC(C)(C)CC(=O)ON1C(=O)C=CC1=O. The highest BCUT2D eigenvalue weighted by molar-refractivity contribution is 6.12. The lowest BCUT2D eigenvalue weighted by Gasteiger charge is -2.18. The van der Waals surface area contributed by atoms with Gasteiger partial charge in [-0.3, -0.25) is 9.59 Å². The van der Waals surface area contributed by atoms with Gasteiger partial charge >= 0.3 is 5.97 Å². The van der Waals surface area contributed by atoms with Crippen molar-refractivity contribution in [1.82, 2.24) is 5.06 Å². The molecule has 0 aromatic heterocycles. The molecule has 1 heterocycles. The summed E-state index contributed by atoms with van der Waals surface area (Å²) in [6, 6.07) is 0. The fraction of sp³-hybridized carbons (Fsp3) is 0.500. The molecular weight excluding hydrogens is 198 g/mol. The molecule has 0 saturated heterocycles. The number of hydrogen-bond acceptors (Lipinski definition) is 4. The summed E-state index contributed by atoms with van der Waals surface area (Å²) in [5.74, 6) is -1.84. The fourth-order valence-electron chi connectivity index (χ4n) is 1.04. The largest absolute Gasteiger partial charge is 0.333 e. The smallest absolute Gasteiger partial charge is 0.330 e. The lowest BCUT2D eigenvalue weighted by atomic mass is 9.93. The first-order valence-corrected chi connectivity index (χ1v) is 4.56. The summed E-state index contributed by atoms with van der Waals surface area (Å²) in [4.78, 5) is 38.0. The van der Waals surface area contributed by atoms with Gasteiger partial charge in [-0.05, 0) is 5.41 Å². The van der Waals surface area contributed by atoms with Crippen LogP contribution in [0.3, 0.4) is 0 Å². The van der Waals surface area contributed by atoms with Crippen LogP contribution < -0.4 is 0 Å². The highest BCUT2D eigenvalue weighted by Gasteiger charge is 2.29. The number of carbonyl (C=O) groups excluding carboxylic acids is 3. The molecule has 1 aliphatic heterocycles. The van der Waals surface area contributed by atoms with Crippen molar-refractivity contribution in [2.75, 3.05) is 0 Å². The standard InChI is InChI=1S/C10H13NO4/c1-10(2,3)6-9(14)15-11-7(12)4-5-8(11)13/h4-5H,6H2,1-3H3. The minimum atomic E-state index is -0.623. The monoisotopic (exact) mass is 211 g/mol. The quantitative estimate of drug-likeness (QED) is 0.634. The minimum Gasteiger partial charge on any atom is -0.330 e. The van der Waals surface area contributed by atoms with E-state index in [1.807, 2.05) is 20.8 Å². The Bertz CT molecular complexity index is 320. The normalized spacial score (nSPS) is 16.1. The molecule has 82 valence electrons. The number of hydrogen-bond donors (Lipinski definition) is 0. The molecule has 1 aliphatic rings. The van der Waals surface area contributed by atoms with Crippen LogP contribution in [0.1, 0.15) is 27.2 Å². The molecule has 0 aromatic carbocycles. The van der Waals surface area contributed by atoms with Gasteiger partial charge in [0.1, 0.15) is 0 Å². The second-order valence-electron chi connectivity index (χ2n) is 4.50. The lowest BCUT2D eigenvalue weighted by Crippen LogP contribution is -2.33. The highest BCUT2D eigenvalue weighted by Crippen LogP contribution is 2.19. The summed E-state index contributed by atoms with van der Waals surface area (Å²) in [6.07, 6.45) is 2.27. The number of imide groups is 1. The van der Waals surface area contributed by atoms with Crippen molar-refractivity contribution in [3.05, 3.63) is 12.2 Å². The van der Waals surface area contributed by atoms with Crippen LogP contribution in [-0.4, -0.2) is 22.8 Å². The number of nitrogens with zero attached hydrogens (tertiary/aromatic N) is 1. The van der Waals surface area contributed by atoms with Crippen molar-refractivity contribution < 1.29 is 19.2 Å². The van der Waals surface area contributed by atoms with Gasteiger partial charge in [-0.25, -0.2) is 4.79 Å². The van der Waals surface area contributed by atoms with E-state index in [-0.39, 0.29) is 11.8 Å². The predicted octanol–water partition coefficient (Wildman–Crippen LogP) is 0.806. The van der Waals surface area contributed by atoms with Crippen LogP contribution in [0.4, 0.5) is 0 Å². The number of rotatable bonds is 2. The molecule has 5 nitrogen and oxygen atoms in total. The van der Waals surface area contributed by atoms with Crippen molar-refractivity contribution in [2.45, 2.75) is 27.2 Å². The Hall–Kier alpha value is -1.65. The zero-order chi connectivity index (χ0) is 11.6. The first-order valence-electron chi connectivity index (χ1n) is 4.56. The molecule has 2 amide bonds. The van der Waals surface area contributed by atoms with Crippen molar-refractivity contribution in [3.63, 3.8) is 0 Å². The van der Waals surface area contributed by atoms with E-state index in [0.717, 1.165) is 12.2 Å². The van der Waals surface area contributed by atoms with Crippen LogP contribution in [0.25, 0.3) is 0 Å². The maximum absolute atomic E-state index is 11.3. The Balaban J connectivity index is 2.53. The molecule has 0 fully saturated rings. The van der Waals surface area contributed by atoms with E-state index >= 15 is 0 Å². The van der Waals surface area contributed by atoms with E-state index in [1.54, 1.807) is 0 Å². The van der Waals surface area contributed by atoms with Crippen LogP contribution >= 0.6 is 0 Å². The highest BCUT2D eigenvalue weighted by atomic mass is 16.7. The van der Waals surface area contributed by atoms with Gasteiger partial charge in [-0.1, -0.05) is 25.8 Å². The Labute approximate surface area is 87.6 Å². The Morgan fingerprint density at radius 3 is 2.13 bits per heavy atom. The molecule has 0 bridgehead atoms. The van der Waals surface area contributed by atoms with Crippen LogP contribution in [0, 0.1) is 5.41 Å². The van der Waals surface area contributed by atoms with Crippen LogP contribution in [0.15, 0.2) is 12.2 Å². The van der Waals surface area contributed by atoms with Gasteiger partial charge in [0, 0.05) is 12.2 Å². The van der Waals surface area contributed by atoms with E-state index in [0.29, 0.717) is 5.06 Å². The van der Waals surface area contributed by atoms with Gasteiger partial charge in [0.15, 0.2) is 0 Å². The number of amides is 2. The Morgan fingerprint density at radius 1 is 1.27 bits per heavy atom. The van der Waals surface area contributed by atoms with Crippen molar-refractivity contribution >= 4 is 17.8 Å². The van der Waals surface area contributed by atoms with Crippen molar-refractivity contribution in [2.24, 2.45) is 5.41 Å². The average molecular weight is 211 g/mol. The maximum Gasteiger partial charge on any atom is 0.333 e. The summed E-state index contributed by atoms with van der Waals surface area (Å²) in [5.41, 5.74) is -0.240. The third kappa shape index (κ3) is 3.19. The summed E-state index contributed by atoms with van der Waals surface area (Å²) in [6.45, 7) is 5.58. The summed E-state index contributed by atoms with van der Waals surface area (Å²) >= 11 is 0. The van der Waals surface area contributed by atoms with E-state index in [9.17, 15) is 14.4 Å². The van der Waals surface area contributed by atoms with Crippen LogP contribution in [0.2, 0.25) is 0 Å². The van der Waals surface area contributed by atoms with E-state index in [2.05, 4.69) is 4.84 Å². The number of carbonyl (C=O) groups is 3.